The Morgan fingerprint density at radius 2 is 1.95 bits per heavy atom. The van der Waals surface area contributed by atoms with E-state index in [9.17, 15) is 19.8 Å². The molecule has 3 N–H and O–H groups in total. The fourth-order valence-corrected chi connectivity index (χ4v) is 8.00. The van der Waals surface area contributed by atoms with E-state index >= 15 is 0 Å². The van der Waals surface area contributed by atoms with Crippen molar-refractivity contribution < 1.29 is 24.5 Å². The molecule has 2 bridgehead atoms. The molecule has 1 spiro atoms. The molecule has 2 aromatic rings. The number of aromatic amines is 1. The van der Waals surface area contributed by atoms with Gasteiger partial charge in [-0.3, -0.25) is 14.6 Å². The summed E-state index contributed by atoms with van der Waals surface area (Å²) in [5.41, 5.74) is 1.21. The Morgan fingerprint density at radius 3 is 2.74 bits per heavy atom. The maximum Gasteiger partial charge on any atom is 0.319 e. The third kappa shape index (κ3) is 3.73. The summed E-state index contributed by atoms with van der Waals surface area (Å²) in [6.07, 6.45) is 7.61. The Kier molecular flexibility index (Phi) is 6.23. The van der Waals surface area contributed by atoms with E-state index in [1.54, 1.807) is 6.92 Å². The van der Waals surface area contributed by atoms with Crippen molar-refractivity contribution in [2.45, 2.75) is 77.2 Å². The summed E-state index contributed by atoms with van der Waals surface area (Å²) in [6, 6.07) is 7.95. The highest BCUT2D eigenvalue weighted by Crippen LogP contribution is 2.64. The molecule has 7 nitrogen and oxygen atoms in total. The number of carbonyl (C=O) groups is 2. The van der Waals surface area contributed by atoms with Crippen LogP contribution in [0.4, 0.5) is 0 Å². The number of allylic oxidation sites excluding steroid dienone is 2. The third-order valence-electron chi connectivity index (χ3n) is 10.1. The summed E-state index contributed by atoms with van der Waals surface area (Å²) < 4.78 is 6.08. The number of aromatic nitrogens is 1. The third-order valence-corrected chi connectivity index (χ3v) is 10.1. The van der Waals surface area contributed by atoms with E-state index in [4.69, 9.17) is 9.73 Å². The van der Waals surface area contributed by atoms with Crippen molar-refractivity contribution in [2.24, 2.45) is 34.1 Å². The lowest BCUT2D eigenvalue weighted by atomic mass is 9.46. The van der Waals surface area contributed by atoms with Gasteiger partial charge in [0.05, 0.1) is 6.04 Å². The molecule has 39 heavy (non-hydrogen) atoms. The number of fused-ring (bicyclic) bond motifs is 2. The number of rotatable bonds is 2. The van der Waals surface area contributed by atoms with Gasteiger partial charge in [0.1, 0.15) is 23.2 Å². The van der Waals surface area contributed by atoms with Crippen LogP contribution in [0.2, 0.25) is 0 Å². The molecular weight excluding hydrogens is 492 g/mol. The Bertz CT molecular complexity index is 1420. The van der Waals surface area contributed by atoms with Crippen LogP contribution in [0.5, 0.6) is 0 Å². The van der Waals surface area contributed by atoms with Crippen molar-refractivity contribution >= 4 is 28.4 Å². The number of nitrogens with one attached hydrogen (secondary N) is 1. The topological polar surface area (TPSA) is 112 Å². The molecule has 0 radical (unpaired) electrons. The number of aliphatic hydroxyl groups is 2. The van der Waals surface area contributed by atoms with Gasteiger partial charge in [-0.2, -0.15) is 0 Å². The monoisotopic (exact) mass is 530 g/mol. The van der Waals surface area contributed by atoms with Gasteiger partial charge < -0.3 is 19.9 Å². The average molecular weight is 531 g/mol. The van der Waals surface area contributed by atoms with Crippen LogP contribution in [-0.4, -0.2) is 56.5 Å². The van der Waals surface area contributed by atoms with Crippen LogP contribution in [0, 0.1) is 29.1 Å². The van der Waals surface area contributed by atoms with Crippen molar-refractivity contribution in [3.63, 3.8) is 0 Å². The molecule has 9 atom stereocenters. The zero-order valence-corrected chi connectivity index (χ0v) is 23.1. The highest BCUT2D eigenvalue weighted by molar-refractivity contribution is 6.11. The number of ether oxygens (including phenoxy) is 1. The summed E-state index contributed by atoms with van der Waals surface area (Å²) >= 11 is 0. The lowest BCUT2D eigenvalue weighted by molar-refractivity contribution is -0.261. The zero-order chi connectivity index (χ0) is 27.7. The molecule has 2 saturated heterocycles. The Balaban J connectivity index is 1.48. The van der Waals surface area contributed by atoms with E-state index in [2.05, 4.69) is 18.0 Å². The highest BCUT2D eigenvalue weighted by Gasteiger charge is 2.76. The minimum atomic E-state index is -1.18. The quantitative estimate of drug-likeness (QED) is 0.395. The molecule has 7 rings (SSSR count). The minimum absolute atomic E-state index is 0.0668. The second-order valence-corrected chi connectivity index (χ2v) is 12.3. The maximum atomic E-state index is 14.1. The fourth-order valence-electron chi connectivity index (χ4n) is 8.00. The first-order chi connectivity index (χ1) is 18.6. The smallest absolute Gasteiger partial charge is 0.319 e. The number of nitrogens with zero attached hydrogens (tertiary/aromatic N) is 1. The molecule has 206 valence electrons. The van der Waals surface area contributed by atoms with E-state index in [0.29, 0.717) is 24.1 Å². The number of esters is 1. The second-order valence-electron chi connectivity index (χ2n) is 12.3. The Labute approximate surface area is 229 Å². The van der Waals surface area contributed by atoms with Crippen molar-refractivity contribution in [3.8, 4) is 0 Å². The molecule has 1 aromatic carbocycles. The molecule has 4 heterocycles. The van der Waals surface area contributed by atoms with Gasteiger partial charge >= 0.3 is 5.97 Å². The molecule has 3 aliphatic heterocycles. The summed E-state index contributed by atoms with van der Waals surface area (Å²) in [5, 5.41) is 23.7. The second kappa shape index (κ2) is 9.27. The van der Waals surface area contributed by atoms with Gasteiger partial charge in [0.15, 0.2) is 5.78 Å². The van der Waals surface area contributed by atoms with Crippen molar-refractivity contribution in [3.05, 3.63) is 59.8 Å². The fraction of sp³-hybridized carbons (Fsp3) is 0.531. The average Bonchev–Trinajstić information content (AvgIpc) is 3.46. The SMILES string of the molecule is CC1=C[C@@H](C)CC=C[C@H]2[C@H](O)[C@]3(C)OC(=O)[C@@]24C(=N[C@@H](Cc2c[nH]c5ccccc25)[C@@H]4[C@@H]3C)CC[C@H](O)C1=O. The van der Waals surface area contributed by atoms with Crippen LogP contribution in [0.25, 0.3) is 10.9 Å². The molecule has 3 fully saturated rings. The highest BCUT2D eigenvalue weighted by atomic mass is 16.6. The normalized spacial score (nSPS) is 40.3. The van der Waals surface area contributed by atoms with E-state index in [-0.39, 0.29) is 48.4 Å². The predicted molar refractivity (Wildman–Crippen MR) is 149 cm³/mol. The van der Waals surface area contributed by atoms with E-state index in [1.807, 2.05) is 56.5 Å². The van der Waals surface area contributed by atoms with Crippen LogP contribution >= 0.6 is 0 Å². The van der Waals surface area contributed by atoms with E-state index in [1.165, 1.54) is 0 Å². The van der Waals surface area contributed by atoms with Crippen molar-refractivity contribution in [1.82, 2.24) is 4.98 Å². The van der Waals surface area contributed by atoms with E-state index in [0.717, 1.165) is 16.5 Å². The van der Waals surface area contributed by atoms with Gasteiger partial charge in [-0.15, -0.1) is 0 Å². The first-order valence-corrected chi connectivity index (χ1v) is 14.2. The van der Waals surface area contributed by atoms with Gasteiger partial charge in [-0.25, -0.2) is 0 Å². The number of para-hydroxylation sites is 1. The standard InChI is InChI=1S/C32H38N2O5/c1-17-8-7-10-22-29(37)31(4)19(3)27-24(15-20-16-33-23-11-6-5-9-21(20)23)34-26(32(22,27)30(38)39-31)13-12-25(35)28(36)18(2)14-17/h5-7,9-11,14,16-17,19,22,24-25,27,29,33,35,37H,8,12-13,15H2,1-4H3/t17-,19-,22-,24-,25-,27-,29-,31+,32+/m0/s1. The molecular formula is C32H38N2O5. The number of benzene rings is 1. The molecule has 0 amide bonds. The largest absolute Gasteiger partial charge is 0.456 e. The number of aliphatic imine (C=N–C) groups is 1. The van der Waals surface area contributed by atoms with Crippen LogP contribution in [0.1, 0.15) is 52.5 Å². The van der Waals surface area contributed by atoms with Crippen LogP contribution in [-0.2, 0) is 20.7 Å². The summed E-state index contributed by atoms with van der Waals surface area (Å²) in [6.45, 7) is 7.69. The number of H-pyrrole nitrogens is 1. The summed E-state index contributed by atoms with van der Waals surface area (Å²) in [5.74, 6) is -1.39. The number of aliphatic hydroxyl groups excluding tert-OH is 2. The number of Topliss-reactive ketones (excluding diaryl/α,β-unsaturated/α-hetero) is 1. The zero-order valence-electron chi connectivity index (χ0n) is 23.1. The van der Waals surface area contributed by atoms with Gasteiger partial charge in [-0.1, -0.05) is 50.3 Å². The number of carbonyl (C=O) groups excluding carboxylic acids is 2. The predicted octanol–water partition coefficient (Wildman–Crippen LogP) is 4.33. The van der Waals surface area contributed by atoms with Crippen molar-refractivity contribution in [2.75, 3.05) is 0 Å². The number of hydrogen-bond donors (Lipinski definition) is 3. The summed E-state index contributed by atoms with van der Waals surface area (Å²) in [4.78, 5) is 35.6. The number of ketones is 1. The van der Waals surface area contributed by atoms with Gasteiger partial charge in [-0.05, 0) is 62.7 Å². The molecule has 5 aliphatic rings. The molecule has 7 heteroatoms. The Hall–Kier alpha value is -3.03. The molecule has 1 saturated carbocycles. The first-order valence-electron chi connectivity index (χ1n) is 14.2. The Morgan fingerprint density at radius 1 is 1.18 bits per heavy atom. The van der Waals surface area contributed by atoms with Crippen LogP contribution in [0.3, 0.4) is 0 Å². The van der Waals surface area contributed by atoms with E-state index < -0.39 is 29.1 Å². The lowest BCUT2D eigenvalue weighted by Gasteiger charge is -2.62. The van der Waals surface area contributed by atoms with Gasteiger partial charge in [0.25, 0.3) is 0 Å². The lowest BCUT2D eigenvalue weighted by Crippen LogP contribution is -2.75. The summed E-state index contributed by atoms with van der Waals surface area (Å²) in [7, 11) is 0. The minimum Gasteiger partial charge on any atom is -0.456 e. The molecule has 2 aliphatic carbocycles. The van der Waals surface area contributed by atoms with Crippen LogP contribution < -0.4 is 0 Å². The van der Waals surface area contributed by atoms with Gasteiger partial charge in [0, 0.05) is 40.6 Å². The maximum absolute atomic E-state index is 14.1. The molecule has 1 aromatic heterocycles. The molecule has 0 unspecified atom stereocenters. The van der Waals surface area contributed by atoms with Crippen LogP contribution in [0.15, 0.2) is 59.3 Å². The first kappa shape index (κ1) is 26.2. The van der Waals surface area contributed by atoms with Gasteiger partial charge in [0.2, 0.25) is 0 Å². The number of hydrogen-bond acceptors (Lipinski definition) is 6. The van der Waals surface area contributed by atoms with Crippen molar-refractivity contribution in [1.29, 1.82) is 0 Å².